The number of rotatable bonds is 8. The lowest BCUT2D eigenvalue weighted by atomic mass is 10.1. The number of hydrogen-bond donors (Lipinski definition) is 1. The molecule has 1 aromatic heterocycles. The van der Waals surface area contributed by atoms with Crippen molar-refractivity contribution in [3.8, 4) is 0 Å². The molecule has 5 nitrogen and oxygen atoms in total. The van der Waals surface area contributed by atoms with E-state index in [0.717, 1.165) is 18.7 Å². The molecule has 0 aliphatic heterocycles. The van der Waals surface area contributed by atoms with Crippen molar-refractivity contribution in [1.82, 2.24) is 15.0 Å². The lowest BCUT2D eigenvalue weighted by Crippen LogP contribution is -2.28. The number of hydrogen-bond acceptors (Lipinski definition) is 5. The Morgan fingerprint density at radius 2 is 2.22 bits per heavy atom. The predicted molar refractivity (Wildman–Crippen MR) is 68.0 cm³/mol. The van der Waals surface area contributed by atoms with E-state index in [1.165, 1.54) is 12.8 Å². The van der Waals surface area contributed by atoms with E-state index in [2.05, 4.69) is 28.9 Å². The first-order valence-corrected chi connectivity index (χ1v) is 6.85. The topological polar surface area (TPSA) is 62.4 Å². The zero-order valence-electron chi connectivity index (χ0n) is 11.3. The highest BCUT2D eigenvalue weighted by atomic mass is 16.5. The summed E-state index contributed by atoms with van der Waals surface area (Å²) in [6, 6.07) is 0.600. The maximum atomic E-state index is 9.03. The quantitative estimate of drug-likeness (QED) is 0.762. The Labute approximate surface area is 108 Å². The molecule has 1 aliphatic carbocycles. The molecule has 1 heterocycles. The molecule has 1 aromatic rings. The summed E-state index contributed by atoms with van der Waals surface area (Å²) in [7, 11) is 0. The molecule has 0 bridgehead atoms. The van der Waals surface area contributed by atoms with Crippen molar-refractivity contribution >= 4 is 0 Å². The van der Waals surface area contributed by atoms with E-state index < -0.39 is 0 Å². The van der Waals surface area contributed by atoms with E-state index in [1.54, 1.807) is 0 Å². The third kappa shape index (κ3) is 4.07. The van der Waals surface area contributed by atoms with Crippen molar-refractivity contribution in [1.29, 1.82) is 0 Å². The Kier molecular flexibility index (Phi) is 4.72. The molecule has 0 spiro atoms. The van der Waals surface area contributed by atoms with E-state index in [-0.39, 0.29) is 6.61 Å². The summed E-state index contributed by atoms with van der Waals surface area (Å²) < 4.78 is 5.27. The van der Waals surface area contributed by atoms with Gasteiger partial charge in [-0.15, -0.1) is 0 Å². The highest BCUT2D eigenvalue weighted by molar-refractivity contribution is 4.91. The van der Waals surface area contributed by atoms with Gasteiger partial charge in [0.2, 0.25) is 5.89 Å². The molecule has 18 heavy (non-hydrogen) atoms. The van der Waals surface area contributed by atoms with Gasteiger partial charge in [0.15, 0.2) is 5.82 Å². The second-order valence-electron chi connectivity index (χ2n) is 5.46. The smallest absolute Gasteiger partial charge is 0.240 e. The van der Waals surface area contributed by atoms with Crippen molar-refractivity contribution in [2.45, 2.75) is 52.1 Å². The van der Waals surface area contributed by atoms with Gasteiger partial charge in [0.1, 0.15) is 0 Å². The van der Waals surface area contributed by atoms with Crippen LogP contribution in [0, 0.1) is 5.92 Å². The van der Waals surface area contributed by atoms with Gasteiger partial charge < -0.3 is 9.63 Å². The molecule has 0 atom stereocenters. The van der Waals surface area contributed by atoms with Crippen LogP contribution in [0.5, 0.6) is 0 Å². The third-order valence-electron chi connectivity index (χ3n) is 3.24. The maximum Gasteiger partial charge on any atom is 0.240 e. The molecule has 1 saturated carbocycles. The Morgan fingerprint density at radius 1 is 1.44 bits per heavy atom. The van der Waals surface area contributed by atoms with Crippen molar-refractivity contribution in [2.24, 2.45) is 5.92 Å². The number of aromatic nitrogens is 2. The Balaban J connectivity index is 1.84. The van der Waals surface area contributed by atoms with E-state index >= 15 is 0 Å². The van der Waals surface area contributed by atoms with Crippen molar-refractivity contribution in [2.75, 3.05) is 13.2 Å². The van der Waals surface area contributed by atoms with Crippen LogP contribution in [0.2, 0.25) is 0 Å². The van der Waals surface area contributed by atoms with Crippen molar-refractivity contribution < 1.29 is 9.63 Å². The molecule has 0 amide bonds. The van der Waals surface area contributed by atoms with Crippen LogP contribution in [-0.2, 0) is 13.0 Å². The first kappa shape index (κ1) is 13.5. The van der Waals surface area contributed by atoms with Crippen molar-refractivity contribution in [3.05, 3.63) is 11.7 Å². The molecular formula is C13H23N3O2. The monoisotopic (exact) mass is 253 g/mol. The SMILES string of the molecule is CC(C)CCc1noc(CN(CCO)C2CC2)n1. The molecule has 1 fully saturated rings. The average Bonchev–Trinajstić information content (AvgIpc) is 3.08. The van der Waals surface area contributed by atoms with Crippen molar-refractivity contribution in [3.63, 3.8) is 0 Å². The summed E-state index contributed by atoms with van der Waals surface area (Å²) in [5.74, 6) is 2.14. The second-order valence-corrected chi connectivity index (χ2v) is 5.46. The Hall–Kier alpha value is -0.940. The van der Waals surface area contributed by atoms with Crippen LogP contribution >= 0.6 is 0 Å². The van der Waals surface area contributed by atoms with E-state index in [1.807, 2.05) is 0 Å². The normalized spacial score (nSPS) is 15.8. The lowest BCUT2D eigenvalue weighted by molar-refractivity contribution is 0.167. The molecule has 5 heteroatoms. The summed E-state index contributed by atoms with van der Waals surface area (Å²) in [6.07, 6.45) is 4.40. The zero-order valence-corrected chi connectivity index (χ0v) is 11.3. The fraction of sp³-hybridized carbons (Fsp3) is 0.846. The van der Waals surface area contributed by atoms with E-state index in [9.17, 15) is 0 Å². The second kappa shape index (κ2) is 6.29. The minimum Gasteiger partial charge on any atom is -0.395 e. The first-order chi connectivity index (χ1) is 8.69. The van der Waals surface area contributed by atoms with Crippen LogP contribution in [0.1, 0.15) is 44.8 Å². The number of nitrogens with zero attached hydrogens (tertiary/aromatic N) is 3. The van der Waals surface area contributed by atoms with E-state index in [0.29, 0.717) is 30.9 Å². The summed E-state index contributed by atoms with van der Waals surface area (Å²) in [4.78, 5) is 6.64. The summed E-state index contributed by atoms with van der Waals surface area (Å²) in [5, 5.41) is 13.0. The number of aryl methyl sites for hydroxylation is 1. The van der Waals surface area contributed by atoms with Crippen LogP contribution in [-0.4, -0.2) is 39.3 Å². The van der Waals surface area contributed by atoms with Crippen LogP contribution < -0.4 is 0 Å². The molecular weight excluding hydrogens is 230 g/mol. The Bertz CT molecular complexity index is 361. The fourth-order valence-electron chi connectivity index (χ4n) is 2.01. The largest absolute Gasteiger partial charge is 0.395 e. The van der Waals surface area contributed by atoms with Crippen LogP contribution in [0.15, 0.2) is 4.52 Å². The molecule has 1 aliphatic rings. The molecule has 0 saturated heterocycles. The van der Waals surface area contributed by atoms with Crippen LogP contribution in [0.25, 0.3) is 0 Å². The maximum absolute atomic E-state index is 9.03. The molecule has 2 rings (SSSR count). The minimum atomic E-state index is 0.185. The van der Waals surface area contributed by atoms with Crippen LogP contribution in [0.3, 0.4) is 0 Å². The average molecular weight is 253 g/mol. The predicted octanol–water partition coefficient (Wildman–Crippen LogP) is 1.61. The molecule has 0 unspecified atom stereocenters. The highest BCUT2D eigenvalue weighted by Gasteiger charge is 2.29. The molecule has 0 radical (unpaired) electrons. The van der Waals surface area contributed by atoms with Gasteiger partial charge in [-0.05, 0) is 25.2 Å². The van der Waals surface area contributed by atoms with Gasteiger partial charge in [0.25, 0.3) is 0 Å². The molecule has 102 valence electrons. The fourth-order valence-corrected chi connectivity index (χ4v) is 2.01. The van der Waals surface area contributed by atoms with Crippen LogP contribution in [0.4, 0.5) is 0 Å². The highest BCUT2D eigenvalue weighted by Crippen LogP contribution is 2.27. The van der Waals surface area contributed by atoms with E-state index in [4.69, 9.17) is 9.63 Å². The van der Waals surface area contributed by atoms with Gasteiger partial charge in [-0.1, -0.05) is 19.0 Å². The minimum absolute atomic E-state index is 0.185. The van der Waals surface area contributed by atoms with Gasteiger partial charge >= 0.3 is 0 Å². The zero-order chi connectivity index (χ0) is 13.0. The molecule has 1 N–H and O–H groups in total. The van der Waals surface area contributed by atoms with Gasteiger partial charge in [0, 0.05) is 19.0 Å². The van der Waals surface area contributed by atoms with Gasteiger partial charge in [-0.25, -0.2) is 0 Å². The summed E-state index contributed by atoms with van der Waals surface area (Å²) in [5.41, 5.74) is 0. The number of aliphatic hydroxyl groups excluding tert-OH is 1. The van der Waals surface area contributed by atoms with Gasteiger partial charge in [-0.2, -0.15) is 4.98 Å². The Morgan fingerprint density at radius 3 is 2.83 bits per heavy atom. The third-order valence-corrected chi connectivity index (χ3v) is 3.24. The summed E-state index contributed by atoms with van der Waals surface area (Å²) >= 11 is 0. The lowest BCUT2D eigenvalue weighted by Gasteiger charge is -2.17. The first-order valence-electron chi connectivity index (χ1n) is 6.85. The summed E-state index contributed by atoms with van der Waals surface area (Å²) in [6.45, 7) is 5.92. The van der Waals surface area contributed by atoms with Gasteiger partial charge in [0.05, 0.1) is 13.2 Å². The molecule has 0 aromatic carbocycles. The number of aliphatic hydroxyl groups is 1. The van der Waals surface area contributed by atoms with Gasteiger partial charge in [-0.3, -0.25) is 4.90 Å². The standard InChI is InChI=1S/C13H23N3O2/c1-10(2)3-6-12-14-13(18-15-12)9-16(7-8-17)11-4-5-11/h10-11,17H,3-9H2,1-2H3.